The summed E-state index contributed by atoms with van der Waals surface area (Å²) in [5, 5.41) is 8.70. The number of hydrogen-bond acceptors (Lipinski definition) is 4. The molecule has 0 aliphatic heterocycles. The third-order valence-corrected chi connectivity index (χ3v) is 4.36. The Labute approximate surface area is 110 Å². The summed E-state index contributed by atoms with van der Waals surface area (Å²) >= 11 is 5.68. The Bertz CT molecular complexity index is 532. The molecule has 1 aromatic carbocycles. The van der Waals surface area contributed by atoms with Crippen LogP contribution in [-0.4, -0.2) is 26.2 Å². The highest BCUT2D eigenvalue weighted by molar-refractivity contribution is 7.89. The third-order valence-electron chi connectivity index (χ3n) is 2.38. The number of hydrogen-bond donors (Lipinski definition) is 3. The molecular formula is C10H14ClFN2O3S. The van der Waals surface area contributed by atoms with Crippen molar-refractivity contribution in [3.8, 4) is 0 Å². The lowest BCUT2D eigenvalue weighted by Crippen LogP contribution is -2.37. The smallest absolute Gasteiger partial charge is 0.242 e. The molecule has 5 nitrogen and oxygen atoms in total. The number of nitrogens with two attached hydrogens (primary N) is 1. The third kappa shape index (κ3) is 3.32. The van der Waals surface area contributed by atoms with E-state index in [-0.39, 0.29) is 22.2 Å². The molecule has 102 valence electrons. The lowest BCUT2D eigenvalue weighted by atomic mass is 10.3. The van der Waals surface area contributed by atoms with Crippen molar-refractivity contribution >= 4 is 27.3 Å². The number of halogens is 2. The van der Waals surface area contributed by atoms with Crippen LogP contribution in [0.5, 0.6) is 0 Å². The number of anilines is 1. The predicted octanol–water partition coefficient (Wildman–Crippen LogP) is 1.11. The lowest BCUT2D eigenvalue weighted by Gasteiger charge is -2.15. The maximum atomic E-state index is 13.1. The van der Waals surface area contributed by atoms with Gasteiger partial charge in [0.2, 0.25) is 10.0 Å². The van der Waals surface area contributed by atoms with Gasteiger partial charge in [-0.3, -0.25) is 0 Å². The van der Waals surface area contributed by atoms with Crippen LogP contribution in [0.3, 0.4) is 0 Å². The van der Waals surface area contributed by atoms with Crippen LogP contribution in [0.1, 0.15) is 13.3 Å². The average Bonchev–Trinajstić information content (AvgIpc) is 2.30. The van der Waals surface area contributed by atoms with E-state index in [0.29, 0.717) is 6.42 Å². The summed E-state index contributed by atoms with van der Waals surface area (Å²) in [6.07, 6.45) is 0.407. The van der Waals surface area contributed by atoms with Crippen molar-refractivity contribution < 1.29 is 17.9 Å². The fourth-order valence-corrected chi connectivity index (χ4v) is 3.14. The molecule has 0 bridgehead atoms. The zero-order chi connectivity index (χ0) is 13.9. The minimum atomic E-state index is -3.94. The molecule has 0 fully saturated rings. The Morgan fingerprint density at radius 2 is 2.17 bits per heavy atom. The standard InChI is InChI=1S/C10H14ClFN2O3S/c1-2-6(5-15)14-18(16,17)10-4-9(13)8(12)3-7(10)11/h3-4,6,14-15H,2,5,13H2,1H3. The van der Waals surface area contributed by atoms with Gasteiger partial charge in [-0.15, -0.1) is 0 Å². The van der Waals surface area contributed by atoms with Gasteiger partial charge < -0.3 is 10.8 Å². The molecule has 0 aromatic heterocycles. The van der Waals surface area contributed by atoms with Gasteiger partial charge in [0.1, 0.15) is 10.7 Å². The molecule has 0 aliphatic carbocycles. The van der Waals surface area contributed by atoms with E-state index in [4.69, 9.17) is 22.4 Å². The minimum absolute atomic E-state index is 0.262. The SMILES string of the molecule is CCC(CO)NS(=O)(=O)c1cc(N)c(F)cc1Cl. The topological polar surface area (TPSA) is 92.4 Å². The predicted molar refractivity (Wildman–Crippen MR) is 67.3 cm³/mol. The van der Waals surface area contributed by atoms with Crippen LogP contribution in [0.2, 0.25) is 5.02 Å². The zero-order valence-corrected chi connectivity index (χ0v) is 11.2. The molecule has 1 rings (SSSR count). The van der Waals surface area contributed by atoms with Gasteiger partial charge in [0.05, 0.1) is 17.3 Å². The summed E-state index contributed by atoms with van der Waals surface area (Å²) in [4.78, 5) is -0.310. The zero-order valence-electron chi connectivity index (χ0n) is 9.65. The number of nitrogen functional groups attached to an aromatic ring is 1. The van der Waals surface area contributed by atoms with Crippen LogP contribution in [0.4, 0.5) is 10.1 Å². The van der Waals surface area contributed by atoms with E-state index in [2.05, 4.69) is 4.72 Å². The molecule has 8 heteroatoms. The summed E-state index contributed by atoms with van der Waals surface area (Å²) in [7, 11) is -3.94. The van der Waals surface area contributed by atoms with Gasteiger partial charge in [0.25, 0.3) is 0 Å². The average molecular weight is 297 g/mol. The summed E-state index contributed by atoms with van der Waals surface area (Å²) in [6.45, 7) is 1.37. The molecule has 0 radical (unpaired) electrons. The molecule has 0 saturated heterocycles. The van der Waals surface area contributed by atoms with Crippen molar-refractivity contribution in [1.29, 1.82) is 0 Å². The normalized spacial score (nSPS) is 13.6. The van der Waals surface area contributed by atoms with E-state index in [0.717, 1.165) is 12.1 Å². The van der Waals surface area contributed by atoms with Crippen molar-refractivity contribution in [1.82, 2.24) is 4.72 Å². The second-order valence-corrected chi connectivity index (χ2v) is 5.80. The van der Waals surface area contributed by atoms with Crippen molar-refractivity contribution in [2.75, 3.05) is 12.3 Å². The molecule has 0 aliphatic rings. The van der Waals surface area contributed by atoms with E-state index in [1.54, 1.807) is 6.92 Å². The first-order chi connectivity index (χ1) is 8.31. The summed E-state index contributed by atoms with van der Waals surface area (Å²) in [6, 6.07) is 1.16. The van der Waals surface area contributed by atoms with E-state index in [1.165, 1.54) is 0 Å². The number of nitrogens with one attached hydrogen (secondary N) is 1. The Morgan fingerprint density at radius 3 is 2.67 bits per heavy atom. The largest absolute Gasteiger partial charge is 0.396 e. The molecule has 1 aromatic rings. The van der Waals surface area contributed by atoms with Gasteiger partial charge in [-0.05, 0) is 18.6 Å². The first kappa shape index (κ1) is 15.2. The quantitative estimate of drug-likeness (QED) is 0.710. The lowest BCUT2D eigenvalue weighted by molar-refractivity contribution is 0.254. The van der Waals surface area contributed by atoms with E-state index >= 15 is 0 Å². The number of rotatable bonds is 5. The van der Waals surface area contributed by atoms with Crippen LogP contribution in [-0.2, 0) is 10.0 Å². The highest BCUT2D eigenvalue weighted by Gasteiger charge is 2.22. The molecule has 0 saturated carbocycles. The molecule has 1 unspecified atom stereocenters. The van der Waals surface area contributed by atoms with Gasteiger partial charge in [-0.1, -0.05) is 18.5 Å². The number of aliphatic hydroxyl groups is 1. The fourth-order valence-electron chi connectivity index (χ4n) is 1.28. The second kappa shape index (κ2) is 5.83. The van der Waals surface area contributed by atoms with Crippen LogP contribution in [0.15, 0.2) is 17.0 Å². The molecule has 1 atom stereocenters. The Morgan fingerprint density at radius 1 is 1.56 bits per heavy atom. The monoisotopic (exact) mass is 296 g/mol. The second-order valence-electron chi connectivity index (χ2n) is 3.71. The highest BCUT2D eigenvalue weighted by atomic mass is 35.5. The highest BCUT2D eigenvalue weighted by Crippen LogP contribution is 2.26. The Balaban J connectivity index is 3.16. The molecule has 0 spiro atoms. The van der Waals surface area contributed by atoms with Gasteiger partial charge in [-0.2, -0.15) is 0 Å². The van der Waals surface area contributed by atoms with Crippen molar-refractivity contribution in [3.63, 3.8) is 0 Å². The van der Waals surface area contributed by atoms with Crippen LogP contribution in [0, 0.1) is 5.82 Å². The number of benzene rings is 1. The van der Waals surface area contributed by atoms with Crippen LogP contribution >= 0.6 is 11.6 Å². The first-order valence-electron chi connectivity index (χ1n) is 5.19. The van der Waals surface area contributed by atoms with Crippen molar-refractivity contribution in [2.45, 2.75) is 24.3 Å². The number of aliphatic hydroxyl groups excluding tert-OH is 1. The Hall–Kier alpha value is -0.890. The minimum Gasteiger partial charge on any atom is -0.396 e. The van der Waals surface area contributed by atoms with Gasteiger partial charge in [0.15, 0.2) is 0 Å². The molecular weight excluding hydrogens is 283 g/mol. The van der Waals surface area contributed by atoms with E-state index < -0.39 is 21.9 Å². The maximum Gasteiger partial charge on any atom is 0.242 e. The maximum absolute atomic E-state index is 13.1. The fraction of sp³-hybridized carbons (Fsp3) is 0.400. The number of sulfonamides is 1. The molecule has 0 heterocycles. The summed E-state index contributed by atoms with van der Waals surface area (Å²) < 4.78 is 39.3. The van der Waals surface area contributed by atoms with Gasteiger partial charge >= 0.3 is 0 Å². The molecule has 4 N–H and O–H groups in total. The van der Waals surface area contributed by atoms with E-state index in [1.807, 2.05) is 0 Å². The van der Waals surface area contributed by atoms with Crippen molar-refractivity contribution in [2.24, 2.45) is 0 Å². The van der Waals surface area contributed by atoms with Gasteiger partial charge in [0, 0.05) is 6.04 Å². The molecule has 0 amide bonds. The molecule has 18 heavy (non-hydrogen) atoms. The van der Waals surface area contributed by atoms with Crippen molar-refractivity contribution in [3.05, 3.63) is 23.0 Å². The van der Waals surface area contributed by atoms with E-state index in [9.17, 15) is 12.8 Å². The summed E-state index contributed by atoms with van der Waals surface area (Å²) in [5.74, 6) is -0.784. The van der Waals surface area contributed by atoms with Gasteiger partial charge in [-0.25, -0.2) is 17.5 Å². The van der Waals surface area contributed by atoms with Crippen LogP contribution < -0.4 is 10.5 Å². The Kier molecular flexibility index (Phi) is 4.92. The summed E-state index contributed by atoms with van der Waals surface area (Å²) in [5.41, 5.74) is 5.00. The first-order valence-corrected chi connectivity index (χ1v) is 7.05. The van der Waals surface area contributed by atoms with Crippen LogP contribution in [0.25, 0.3) is 0 Å².